The molecule has 0 fully saturated rings. The van der Waals surface area contributed by atoms with Crippen molar-refractivity contribution >= 4 is 17.9 Å². The molecule has 0 bridgehead atoms. The van der Waals surface area contributed by atoms with Gasteiger partial charge in [-0.25, -0.2) is 0 Å². The van der Waals surface area contributed by atoms with E-state index in [0.717, 1.165) is 77.0 Å². The van der Waals surface area contributed by atoms with Crippen molar-refractivity contribution in [2.75, 3.05) is 41.0 Å². The number of carboxylic acids is 1. The maximum absolute atomic E-state index is 12.7. The van der Waals surface area contributed by atoms with Crippen molar-refractivity contribution in [2.24, 2.45) is 0 Å². The highest BCUT2D eigenvalue weighted by Crippen LogP contribution is 2.14. The number of likely N-dealkylation sites (N-methyl/N-ethyl adjacent to an activating group) is 1. The zero-order chi connectivity index (χ0) is 42.8. The van der Waals surface area contributed by atoms with Gasteiger partial charge in [-0.1, -0.05) is 159 Å². The number of carbonyl (C=O) groups excluding carboxylic acids is 3. The summed E-state index contributed by atoms with van der Waals surface area (Å²) in [4.78, 5) is 36.9. The number of rotatable bonds is 42. The quantitative estimate of drug-likeness (QED) is 0.0262. The average molecular weight is 816 g/mol. The number of allylic oxidation sites excluding steroid dienone is 8. The van der Waals surface area contributed by atoms with Crippen molar-refractivity contribution in [2.45, 2.75) is 212 Å². The summed E-state index contributed by atoms with van der Waals surface area (Å²) in [5, 5.41) is 11.6. The zero-order valence-corrected chi connectivity index (χ0v) is 38.2. The minimum absolute atomic E-state index is 0.0341. The Labute approximate surface area is 356 Å². The Morgan fingerprint density at radius 3 is 1.40 bits per heavy atom. The first-order valence-corrected chi connectivity index (χ1v) is 23.7. The van der Waals surface area contributed by atoms with Crippen molar-refractivity contribution in [1.82, 2.24) is 0 Å². The van der Waals surface area contributed by atoms with Gasteiger partial charge in [0.1, 0.15) is 12.6 Å². The summed E-state index contributed by atoms with van der Waals surface area (Å²) in [7, 11) is 5.40. The van der Waals surface area contributed by atoms with E-state index in [4.69, 9.17) is 14.2 Å². The van der Waals surface area contributed by atoms with E-state index in [-0.39, 0.29) is 42.7 Å². The molecule has 0 aromatic carbocycles. The first-order valence-electron chi connectivity index (χ1n) is 23.7. The Morgan fingerprint density at radius 2 is 0.948 bits per heavy atom. The second-order valence-electron chi connectivity index (χ2n) is 17.0. The van der Waals surface area contributed by atoms with E-state index in [1.54, 1.807) is 21.1 Å². The van der Waals surface area contributed by atoms with E-state index in [1.807, 2.05) is 0 Å². The molecule has 0 saturated heterocycles. The highest BCUT2D eigenvalue weighted by Gasteiger charge is 2.25. The van der Waals surface area contributed by atoms with Crippen molar-refractivity contribution in [3.63, 3.8) is 0 Å². The van der Waals surface area contributed by atoms with Crippen LogP contribution in [0.4, 0.5) is 0 Å². The third-order valence-electron chi connectivity index (χ3n) is 10.4. The summed E-state index contributed by atoms with van der Waals surface area (Å²) >= 11 is 0. The number of nitrogens with zero attached hydrogens (tertiary/aromatic N) is 1. The van der Waals surface area contributed by atoms with Crippen LogP contribution < -0.4 is 5.11 Å². The van der Waals surface area contributed by atoms with Gasteiger partial charge in [0.15, 0.2) is 6.10 Å². The molecule has 0 rings (SSSR count). The summed E-state index contributed by atoms with van der Waals surface area (Å²) in [6.07, 6.45) is 48.5. The molecule has 0 spiro atoms. The van der Waals surface area contributed by atoms with E-state index in [9.17, 15) is 19.5 Å². The second kappa shape index (κ2) is 41.0. The highest BCUT2D eigenvalue weighted by molar-refractivity contribution is 5.70. The van der Waals surface area contributed by atoms with E-state index in [2.05, 4.69) is 62.5 Å². The predicted molar refractivity (Wildman–Crippen MR) is 240 cm³/mol. The smallest absolute Gasteiger partial charge is 0.306 e. The third kappa shape index (κ3) is 38.8. The molecule has 336 valence electrons. The molecular weight excluding hydrogens is 727 g/mol. The zero-order valence-electron chi connectivity index (χ0n) is 38.2. The Kier molecular flexibility index (Phi) is 39.1. The van der Waals surface area contributed by atoms with Crippen LogP contribution >= 0.6 is 0 Å². The molecule has 0 aromatic rings. The number of ether oxygens (including phenoxy) is 3. The summed E-state index contributed by atoms with van der Waals surface area (Å²) in [6, 6.07) is -0.729. The van der Waals surface area contributed by atoms with Crippen molar-refractivity contribution < 1.29 is 38.2 Å². The molecule has 8 nitrogen and oxygen atoms in total. The number of esters is 2. The number of unbranched alkanes of at least 4 members (excludes halogenated alkanes) is 20. The molecule has 58 heavy (non-hydrogen) atoms. The molecule has 0 radical (unpaired) electrons. The molecule has 2 unspecified atom stereocenters. The Morgan fingerprint density at radius 1 is 0.517 bits per heavy atom. The Bertz CT molecular complexity index is 1090. The van der Waals surface area contributed by atoms with Crippen LogP contribution in [0.5, 0.6) is 0 Å². The number of aliphatic carboxylic acids is 1. The lowest BCUT2D eigenvalue weighted by Gasteiger charge is -2.34. The normalized spacial score (nSPS) is 13.3. The van der Waals surface area contributed by atoms with E-state index >= 15 is 0 Å². The van der Waals surface area contributed by atoms with Crippen LogP contribution in [0.1, 0.15) is 200 Å². The van der Waals surface area contributed by atoms with E-state index in [1.165, 1.54) is 89.9 Å². The van der Waals surface area contributed by atoms with Gasteiger partial charge >= 0.3 is 11.9 Å². The highest BCUT2D eigenvalue weighted by atomic mass is 16.6. The van der Waals surface area contributed by atoms with Gasteiger partial charge in [0.2, 0.25) is 0 Å². The molecule has 0 aliphatic rings. The second-order valence-corrected chi connectivity index (χ2v) is 17.0. The molecule has 0 N–H and O–H groups in total. The molecule has 0 aromatic heterocycles. The van der Waals surface area contributed by atoms with Crippen molar-refractivity contribution in [3.05, 3.63) is 48.6 Å². The van der Waals surface area contributed by atoms with Gasteiger partial charge in [-0.3, -0.25) is 9.59 Å². The van der Waals surface area contributed by atoms with E-state index in [0.29, 0.717) is 12.8 Å². The molecule has 0 saturated carbocycles. The number of quaternary nitrogens is 1. The Balaban J connectivity index is 4.29. The lowest BCUT2D eigenvalue weighted by Crippen LogP contribution is -2.55. The molecule has 8 heteroatoms. The lowest BCUT2D eigenvalue weighted by molar-refractivity contribution is -0.889. The third-order valence-corrected chi connectivity index (χ3v) is 10.4. The van der Waals surface area contributed by atoms with Crippen LogP contribution in [0.3, 0.4) is 0 Å². The molecule has 2 atom stereocenters. The molecule has 0 aliphatic heterocycles. The van der Waals surface area contributed by atoms with Gasteiger partial charge in [0.05, 0.1) is 40.3 Å². The number of carboxylic acid groups (broad SMARTS) is 1. The van der Waals surface area contributed by atoms with Gasteiger partial charge in [-0.05, 0) is 70.6 Å². The average Bonchev–Trinajstić information content (AvgIpc) is 3.18. The fourth-order valence-electron chi connectivity index (χ4n) is 6.73. The summed E-state index contributed by atoms with van der Waals surface area (Å²) in [5.41, 5.74) is 0. The predicted octanol–water partition coefficient (Wildman–Crippen LogP) is 11.9. The fourth-order valence-corrected chi connectivity index (χ4v) is 6.73. The largest absolute Gasteiger partial charge is 0.544 e. The topological polar surface area (TPSA) is 102 Å². The van der Waals surface area contributed by atoms with Crippen molar-refractivity contribution in [1.29, 1.82) is 0 Å². The lowest BCUT2D eigenvalue weighted by atomic mass is 10.1. The van der Waals surface area contributed by atoms with Gasteiger partial charge in [-0.15, -0.1) is 0 Å². The molecule has 0 heterocycles. The maximum Gasteiger partial charge on any atom is 0.306 e. The number of hydrogen-bond acceptors (Lipinski definition) is 7. The first kappa shape index (κ1) is 55.3. The Hall–Kier alpha value is -2.71. The molecule has 0 aliphatic carbocycles. The van der Waals surface area contributed by atoms with Gasteiger partial charge in [0, 0.05) is 19.3 Å². The number of hydrogen-bond donors (Lipinski definition) is 0. The van der Waals surface area contributed by atoms with Crippen molar-refractivity contribution in [3.8, 4) is 0 Å². The van der Waals surface area contributed by atoms with Crippen LogP contribution in [-0.2, 0) is 28.6 Å². The van der Waals surface area contributed by atoms with Crippen LogP contribution in [-0.4, -0.2) is 75.5 Å². The fraction of sp³-hybridized carbons (Fsp3) is 0.780. The minimum Gasteiger partial charge on any atom is -0.544 e. The van der Waals surface area contributed by atoms with Crippen LogP contribution in [0.15, 0.2) is 48.6 Å². The van der Waals surface area contributed by atoms with Crippen LogP contribution in [0, 0.1) is 0 Å². The monoisotopic (exact) mass is 816 g/mol. The van der Waals surface area contributed by atoms with Gasteiger partial charge in [0.25, 0.3) is 0 Å². The van der Waals surface area contributed by atoms with E-state index < -0.39 is 18.1 Å². The van der Waals surface area contributed by atoms with Gasteiger partial charge in [-0.2, -0.15) is 0 Å². The molecular formula is C50H89NO7. The molecule has 0 amide bonds. The summed E-state index contributed by atoms with van der Waals surface area (Å²) in [5.74, 6) is -1.76. The number of carbonyl (C=O) groups is 3. The van der Waals surface area contributed by atoms with Gasteiger partial charge < -0.3 is 28.6 Å². The summed E-state index contributed by atoms with van der Waals surface area (Å²) < 4.78 is 17.2. The van der Waals surface area contributed by atoms with Crippen LogP contribution in [0.25, 0.3) is 0 Å². The SMILES string of the molecule is CCC/C=C\C/C=C\CCCCCCCC(=O)OCC(COCCC(C(=O)[O-])[N+](C)(C)C)OC(=O)CCCCCCCCCCC/C=C\C/C=C\CCCCCCC. The summed E-state index contributed by atoms with van der Waals surface area (Å²) in [6.45, 7) is 4.57. The minimum atomic E-state index is -1.13. The standard InChI is InChI=1S/C50H89NO7/c1-6-8-10-12-14-16-18-20-21-22-23-24-25-26-27-29-31-33-35-37-39-41-49(53)58-46(44-56-43-42-47(50(54)55)51(3,4)5)45-57-48(52)40-38-36-34-32-30-28-19-17-15-13-11-9-7-2/h11,13,17-20,22-23,46-47H,6-10,12,14-16,21,24-45H2,1-5H3/b13-11-,19-17-,20-18-,23-22-. The first-order chi connectivity index (χ1) is 28.1. The maximum atomic E-state index is 12.7. The van der Waals surface area contributed by atoms with Crippen LogP contribution in [0.2, 0.25) is 0 Å².